The van der Waals surface area contributed by atoms with Crippen molar-refractivity contribution in [2.75, 3.05) is 50.7 Å². The minimum atomic E-state index is -0.00882. The number of nitriles is 1. The Morgan fingerprint density at radius 3 is 2.42 bits per heavy atom. The molecule has 31 heavy (non-hydrogen) atoms. The van der Waals surface area contributed by atoms with Gasteiger partial charge in [0.25, 0.3) is 0 Å². The van der Waals surface area contributed by atoms with E-state index < -0.39 is 0 Å². The second-order valence-corrected chi connectivity index (χ2v) is 8.38. The maximum atomic E-state index is 13.2. The predicted molar refractivity (Wildman–Crippen MR) is 123 cm³/mol. The van der Waals surface area contributed by atoms with Crippen LogP contribution in [0.1, 0.15) is 36.4 Å². The molecule has 0 radical (unpaired) electrons. The first-order chi connectivity index (χ1) is 15.2. The molecule has 1 N–H and O–H groups in total. The van der Waals surface area contributed by atoms with Crippen molar-refractivity contribution in [2.45, 2.75) is 25.3 Å². The van der Waals surface area contributed by atoms with Crippen molar-refractivity contribution in [1.82, 2.24) is 15.1 Å². The smallest absolute Gasteiger partial charge is 0.317 e. The fourth-order valence-electron chi connectivity index (χ4n) is 4.59. The van der Waals surface area contributed by atoms with Gasteiger partial charge in [-0.2, -0.15) is 5.26 Å². The van der Waals surface area contributed by atoms with Gasteiger partial charge in [0.15, 0.2) is 0 Å². The molecular formula is C25H31N5O. The molecule has 0 bridgehead atoms. The van der Waals surface area contributed by atoms with Crippen LogP contribution in [0, 0.1) is 11.3 Å². The van der Waals surface area contributed by atoms with Crippen LogP contribution in [0.15, 0.2) is 54.6 Å². The van der Waals surface area contributed by atoms with Gasteiger partial charge in [-0.15, -0.1) is 0 Å². The zero-order chi connectivity index (χ0) is 21.5. The summed E-state index contributed by atoms with van der Waals surface area (Å²) in [6, 6.07) is 20.3. The van der Waals surface area contributed by atoms with Crippen LogP contribution in [0.25, 0.3) is 0 Å². The molecule has 4 rings (SSSR count). The molecule has 0 aromatic heterocycles. The molecule has 2 heterocycles. The molecule has 162 valence electrons. The molecule has 0 aliphatic carbocycles. The summed E-state index contributed by atoms with van der Waals surface area (Å²) in [5.74, 6) is 0. The van der Waals surface area contributed by atoms with E-state index in [2.05, 4.69) is 33.3 Å². The standard InChI is InChI=1S/C25H31N5O/c26-19-22-11-4-5-12-24(22)29-15-8-16-30(18-17-29)25(31)27-23(20-28-13-6-7-14-28)21-9-2-1-3-10-21/h1-5,9-12,23H,6-8,13-18,20H2,(H,27,31). The maximum absolute atomic E-state index is 13.2. The van der Waals surface area contributed by atoms with E-state index >= 15 is 0 Å². The first-order valence-electron chi connectivity index (χ1n) is 11.3. The topological polar surface area (TPSA) is 62.6 Å². The van der Waals surface area contributed by atoms with Crippen LogP contribution >= 0.6 is 0 Å². The molecule has 2 amide bonds. The maximum Gasteiger partial charge on any atom is 0.317 e. The summed E-state index contributed by atoms with van der Waals surface area (Å²) >= 11 is 0. The van der Waals surface area contributed by atoms with Gasteiger partial charge in [0, 0.05) is 32.7 Å². The number of likely N-dealkylation sites (tertiary alicyclic amines) is 1. The molecule has 2 aromatic rings. The fraction of sp³-hybridized carbons (Fsp3) is 0.440. The highest BCUT2D eigenvalue weighted by atomic mass is 16.2. The van der Waals surface area contributed by atoms with Crippen LogP contribution in [0.4, 0.5) is 10.5 Å². The summed E-state index contributed by atoms with van der Waals surface area (Å²) in [4.78, 5) is 19.8. The van der Waals surface area contributed by atoms with E-state index in [9.17, 15) is 10.1 Å². The van der Waals surface area contributed by atoms with Gasteiger partial charge >= 0.3 is 6.03 Å². The summed E-state index contributed by atoms with van der Waals surface area (Å²) in [6.45, 7) is 6.02. The minimum Gasteiger partial charge on any atom is -0.369 e. The lowest BCUT2D eigenvalue weighted by molar-refractivity contribution is 0.192. The molecule has 1 unspecified atom stereocenters. The summed E-state index contributed by atoms with van der Waals surface area (Å²) in [5, 5.41) is 12.7. The number of anilines is 1. The lowest BCUT2D eigenvalue weighted by Gasteiger charge is -2.29. The Bertz CT molecular complexity index is 904. The number of carbonyl (C=O) groups excluding carboxylic acids is 1. The second kappa shape index (κ2) is 10.3. The van der Waals surface area contributed by atoms with Gasteiger partial charge in [-0.05, 0) is 50.0 Å². The zero-order valence-corrected chi connectivity index (χ0v) is 18.0. The summed E-state index contributed by atoms with van der Waals surface area (Å²) in [5.41, 5.74) is 2.81. The van der Waals surface area contributed by atoms with Crippen molar-refractivity contribution in [3.63, 3.8) is 0 Å². The average Bonchev–Trinajstić information content (AvgIpc) is 3.20. The second-order valence-electron chi connectivity index (χ2n) is 8.38. The Morgan fingerprint density at radius 2 is 1.65 bits per heavy atom. The third-order valence-electron chi connectivity index (χ3n) is 6.29. The Balaban J connectivity index is 1.41. The number of rotatable bonds is 5. The fourth-order valence-corrected chi connectivity index (χ4v) is 4.59. The Labute approximate surface area is 185 Å². The highest BCUT2D eigenvalue weighted by Gasteiger charge is 2.25. The number of nitrogens with zero attached hydrogens (tertiary/aromatic N) is 4. The normalized spacial score (nSPS) is 18.3. The number of nitrogens with one attached hydrogen (secondary N) is 1. The third-order valence-corrected chi connectivity index (χ3v) is 6.29. The number of benzene rings is 2. The van der Waals surface area contributed by atoms with Crippen molar-refractivity contribution in [3.05, 3.63) is 65.7 Å². The van der Waals surface area contributed by atoms with Gasteiger partial charge in [-0.1, -0.05) is 42.5 Å². The molecule has 2 aromatic carbocycles. The number of hydrogen-bond donors (Lipinski definition) is 1. The molecule has 2 fully saturated rings. The highest BCUT2D eigenvalue weighted by molar-refractivity contribution is 5.75. The predicted octanol–water partition coefficient (Wildman–Crippen LogP) is 3.62. The Kier molecular flexibility index (Phi) is 7.06. The largest absolute Gasteiger partial charge is 0.369 e. The van der Waals surface area contributed by atoms with E-state index in [4.69, 9.17) is 0 Å². The number of para-hydroxylation sites is 1. The molecule has 0 saturated carbocycles. The van der Waals surface area contributed by atoms with E-state index in [0.29, 0.717) is 12.1 Å². The van der Waals surface area contributed by atoms with Gasteiger partial charge in [-0.25, -0.2) is 4.79 Å². The van der Waals surface area contributed by atoms with Gasteiger partial charge in [0.2, 0.25) is 0 Å². The molecule has 6 nitrogen and oxygen atoms in total. The third kappa shape index (κ3) is 5.36. The van der Waals surface area contributed by atoms with Crippen molar-refractivity contribution in [2.24, 2.45) is 0 Å². The van der Waals surface area contributed by atoms with Crippen LogP contribution in [0.5, 0.6) is 0 Å². The van der Waals surface area contributed by atoms with Crippen LogP contribution in [-0.4, -0.2) is 61.6 Å². The molecule has 2 saturated heterocycles. The van der Waals surface area contributed by atoms with E-state index in [-0.39, 0.29) is 12.1 Å². The number of amides is 2. The number of carbonyl (C=O) groups is 1. The first-order valence-corrected chi connectivity index (χ1v) is 11.3. The monoisotopic (exact) mass is 417 g/mol. The van der Waals surface area contributed by atoms with Crippen molar-refractivity contribution in [1.29, 1.82) is 5.26 Å². The summed E-state index contributed by atoms with van der Waals surface area (Å²) < 4.78 is 0. The highest BCUT2D eigenvalue weighted by Crippen LogP contribution is 2.22. The van der Waals surface area contributed by atoms with Crippen LogP contribution in [-0.2, 0) is 0 Å². The molecule has 0 spiro atoms. The van der Waals surface area contributed by atoms with Crippen molar-refractivity contribution >= 4 is 11.7 Å². The molecular weight excluding hydrogens is 386 g/mol. The van der Waals surface area contributed by atoms with E-state index in [1.807, 2.05) is 47.4 Å². The zero-order valence-electron chi connectivity index (χ0n) is 18.0. The van der Waals surface area contributed by atoms with Crippen LogP contribution in [0.3, 0.4) is 0 Å². The van der Waals surface area contributed by atoms with Gasteiger partial charge in [-0.3, -0.25) is 0 Å². The van der Waals surface area contributed by atoms with E-state index in [0.717, 1.165) is 56.9 Å². The van der Waals surface area contributed by atoms with Gasteiger partial charge in [0.05, 0.1) is 17.3 Å². The van der Waals surface area contributed by atoms with E-state index in [1.54, 1.807) is 0 Å². The molecule has 1 atom stereocenters. The summed E-state index contributed by atoms with van der Waals surface area (Å²) in [7, 11) is 0. The number of hydrogen-bond acceptors (Lipinski definition) is 4. The minimum absolute atomic E-state index is 0.00321. The molecule has 2 aliphatic heterocycles. The van der Waals surface area contributed by atoms with Crippen molar-refractivity contribution < 1.29 is 4.79 Å². The average molecular weight is 418 g/mol. The van der Waals surface area contributed by atoms with Crippen LogP contribution < -0.4 is 10.2 Å². The molecule has 2 aliphatic rings. The Morgan fingerprint density at radius 1 is 0.903 bits per heavy atom. The SMILES string of the molecule is N#Cc1ccccc1N1CCCN(C(=O)NC(CN2CCCC2)c2ccccc2)CC1. The van der Waals surface area contributed by atoms with Crippen LogP contribution in [0.2, 0.25) is 0 Å². The molecule has 6 heteroatoms. The number of urea groups is 1. The first kappa shape index (κ1) is 21.2. The quantitative estimate of drug-likeness (QED) is 0.807. The van der Waals surface area contributed by atoms with E-state index in [1.165, 1.54) is 12.8 Å². The van der Waals surface area contributed by atoms with Crippen molar-refractivity contribution in [3.8, 4) is 6.07 Å². The van der Waals surface area contributed by atoms with Gasteiger partial charge in [0.1, 0.15) is 6.07 Å². The van der Waals surface area contributed by atoms with Gasteiger partial charge < -0.3 is 20.0 Å². The lowest BCUT2D eigenvalue weighted by atomic mass is 10.1. The summed E-state index contributed by atoms with van der Waals surface area (Å²) in [6.07, 6.45) is 3.36. The Hall–Kier alpha value is -3.04. The lowest BCUT2D eigenvalue weighted by Crippen LogP contribution is -2.46.